The lowest BCUT2D eigenvalue weighted by molar-refractivity contribution is -0.481. The fourth-order valence-electron chi connectivity index (χ4n) is 4.34. The van der Waals surface area contributed by atoms with E-state index in [9.17, 15) is 15.1 Å². The molecule has 5 rings (SSSR count). The summed E-state index contributed by atoms with van der Waals surface area (Å²) in [5.41, 5.74) is 6.16. The molecule has 0 fully saturated rings. The van der Waals surface area contributed by atoms with Crippen molar-refractivity contribution < 1.29 is 14.6 Å². The van der Waals surface area contributed by atoms with Crippen LogP contribution in [-0.4, -0.2) is 28.6 Å². The van der Waals surface area contributed by atoms with Gasteiger partial charge >= 0.3 is 7.12 Å². The van der Waals surface area contributed by atoms with E-state index >= 15 is 0 Å². The van der Waals surface area contributed by atoms with Crippen molar-refractivity contribution in [2.75, 3.05) is 6.54 Å². The smallest absolute Gasteiger partial charge is 0.423 e. The predicted molar refractivity (Wildman–Crippen MR) is 116 cm³/mol. The summed E-state index contributed by atoms with van der Waals surface area (Å²) in [4.78, 5) is 14.9. The lowest BCUT2D eigenvalue weighted by Gasteiger charge is -2.17. The largest absolute Gasteiger partial charge is 0.491 e. The van der Waals surface area contributed by atoms with Crippen molar-refractivity contribution in [3.63, 3.8) is 0 Å². The van der Waals surface area contributed by atoms with Gasteiger partial charge in [0.1, 0.15) is 0 Å². The normalized spacial score (nSPS) is 14.1. The summed E-state index contributed by atoms with van der Waals surface area (Å²) in [6.45, 7) is 0.0683. The van der Waals surface area contributed by atoms with Crippen LogP contribution in [0.5, 0.6) is 0 Å². The number of hydrogen-bond donors (Lipinski definition) is 2. The zero-order valence-corrected chi connectivity index (χ0v) is 16.1. The highest BCUT2D eigenvalue weighted by Gasteiger charge is 2.31. The summed E-state index contributed by atoms with van der Waals surface area (Å²) in [7, 11) is -0.934. The van der Waals surface area contributed by atoms with Gasteiger partial charge in [-0.05, 0) is 33.8 Å². The quantitative estimate of drug-likeness (QED) is 0.306. The first-order chi connectivity index (χ1) is 14.6. The van der Waals surface area contributed by atoms with Crippen molar-refractivity contribution in [3.05, 3.63) is 99.6 Å². The molecule has 2 heterocycles. The minimum atomic E-state index is -0.934. The third-order valence-corrected chi connectivity index (χ3v) is 5.72. The lowest BCUT2D eigenvalue weighted by Crippen LogP contribution is -2.28. The molecule has 7 heteroatoms. The second kappa shape index (κ2) is 7.44. The average molecular weight is 398 g/mol. The maximum atomic E-state index is 11.7. The molecular weight excluding hydrogens is 379 g/mol. The molecule has 1 aliphatic heterocycles. The summed E-state index contributed by atoms with van der Waals surface area (Å²) >= 11 is 0. The highest BCUT2D eigenvalue weighted by Crippen LogP contribution is 2.39. The van der Waals surface area contributed by atoms with Crippen LogP contribution in [0.2, 0.25) is 0 Å². The molecule has 1 unspecified atom stereocenters. The van der Waals surface area contributed by atoms with Crippen LogP contribution >= 0.6 is 0 Å². The van der Waals surface area contributed by atoms with Crippen molar-refractivity contribution in [3.8, 4) is 11.3 Å². The molecule has 3 aromatic carbocycles. The maximum Gasteiger partial charge on any atom is 0.491 e. The van der Waals surface area contributed by atoms with E-state index in [0.29, 0.717) is 6.61 Å². The van der Waals surface area contributed by atoms with Crippen molar-refractivity contribution >= 4 is 23.5 Å². The van der Waals surface area contributed by atoms with Gasteiger partial charge in [0.2, 0.25) is 6.54 Å². The summed E-state index contributed by atoms with van der Waals surface area (Å²) in [6.07, 6.45) is 0. The Labute approximate surface area is 173 Å². The number of hydrogen-bond acceptors (Lipinski definition) is 4. The average Bonchev–Trinajstić information content (AvgIpc) is 3.33. The molecule has 0 saturated heterocycles. The van der Waals surface area contributed by atoms with Crippen molar-refractivity contribution in [1.29, 1.82) is 0 Å². The summed E-state index contributed by atoms with van der Waals surface area (Å²) in [6, 6.07) is 23.4. The van der Waals surface area contributed by atoms with Gasteiger partial charge in [0.15, 0.2) is 0 Å². The van der Waals surface area contributed by atoms with Crippen LogP contribution in [0.4, 0.5) is 0 Å². The molecule has 1 aromatic heterocycles. The van der Waals surface area contributed by atoms with Crippen molar-refractivity contribution in [2.45, 2.75) is 12.5 Å². The Morgan fingerprint density at radius 2 is 1.87 bits per heavy atom. The first-order valence-corrected chi connectivity index (χ1v) is 9.82. The monoisotopic (exact) mass is 398 g/mol. The number of H-pyrrole nitrogens is 1. The van der Waals surface area contributed by atoms with E-state index in [1.54, 1.807) is 0 Å². The number of rotatable bonds is 5. The van der Waals surface area contributed by atoms with Gasteiger partial charge in [-0.2, -0.15) is 0 Å². The standard InChI is InChI=1S/C23H19BN2O4/c27-24-20-11-10-16(12-17(20)14-30-24)19(13-26(28)29)22-18-8-4-5-9-21(18)25-23(22)15-6-2-1-3-7-15/h1-12,19,25,27H,13-14H2. The molecule has 0 saturated carbocycles. The van der Waals surface area contributed by atoms with Crippen molar-refractivity contribution in [1.82, 2.24) is 4.98 Å². The molecule has 0 bridgehead atoms. The van der Waals surface area contributed by atoms with Gasteiger partial charge < -0.3 is 14.7 Å². The Morgan fingerprint density at radius 1 is 1.10 bits per heavy atom. The Bertz CT molecular complexity index is 1240. The SMILES string of the molecule is O=[N+]([O-])CC(c1ccc2c(c1)COB2O)c1c(-c2ccccc2)[nH]c2ccccc12. The summed E-state index contributed by atoms with van der Waals surface area (Å²) in [5, 5.41) is 22.6. The number of benzene rings is 3. The molecule has 2 N–H and O–H groups in total. The summed E-state index contributed by atoms with van der Waals surface area (Å²) < 4.78 is 5.31. The topological polar surface area (TPSA) is 88.4 Å². The zero-order chi connectivity index (χ0) is 20.7. The summed E-state index contributed by atoms with van der Waals surface area (Å²) in [5.74, 6) is -0.450. The van der Waals surface area contributed by atoms with E-state index in [0.717, 1.165) is 44.3 Å². The molecule has 0 aliphatic carbocycles. The van der Waals surface area contributed by atoms with Crippen LogP contribution in [0.3, 0.4) is 0 Å². The van der Waals surface area contributed by atoms with E-state index in [1.165, 1.54) is 0 Å². The van der Waals surface area contributed by atoms with Gasteiger partial charge in [0.05, 0.1) is 18.2 Å². The third-order valence-electron chi connectivity index (χ3n) is 5.72. The number of nitrogens with zero attached hydrogens (tertiary/aromatic N) is 1. The van der Waals surface area contributed by atoms with E-state index < -0.39 is 13.0 Å². The number of nitrogens with one attached hydrogen (secondary N) is 1. The molecule has 148 valence electrons. The fraction of sp³-hybridized carbons (Fsp3) is 0.130. The van der Waals surface area contributed by atoms with Gasteiger partial charge in [-0.15, -0.1) is 0 Å². The Balaban J connectivity index is 1.73. The molecule has 4 aromatic rings. The molecule has 1 atom stereocenters. The van der Waals surface area contributed by atoms with Crippen LogP contribution in [0.25, 0.3) is 22.2 Å². The van der Waals surface area contributed by atoms with Crippen LogP contribution < -0.4 is 5.46 Å². The molecule has 30 heavy (non-hydrogen) atoms. The molecular formula is C23H19BN2O4. The lowest BCUT2D eigenvalue weighted by atomic mass is 9.77. The van der Waals surface area contributed by atoms with Gasteiger partial charge in [-0.1, -0.05) is 66.7 Å². The Morgan fingerprint density at radius 3 is 2.67 bits per heavy atom. The predicted octanol–water partition coefficient (Wildman–Crippen LogP) is 3.46. The second-order valence-electron chi connectivity index (χ2n) is 7.51. The number of aromatic amines is 1. The first kappa shape index (κ1) is 18.6. The number of fused-ring (bicyclic) bond motifs is 2. The first-order valence-electron chi connectivity index (χ1n) is 9.82. The van der Waals surface area contributed by atoms with Gasteiger partial charge in [0, 0.05) is 15.8 Å². The van der Waals surface area contributed by atoms with Crippen LogP contribution in [-0.2, 0) is 11.3 Å². The van der Waals surface area contributed by atoms with Gasteiger partial charge in [0.25, 0.3) is 0 Å². The number of nitro groups is 1. The maximum absolute atomic E-state index is 11.7. The molecule has 0 spiro atoms. The Hall–Kier alpha value is -3.42. The van der Waals surface area contributed by atoms with Crippen LogP contribution in [0.1, 0.15) is 22.6 Å². The molecule has 0 radical (unpaired) electrons. The molecule has 0 amide bonds. The minimum absolute atomic E-state index is 0.232. The van der Waals surface area contributed by atoms with E-state index in [4.69, 9.17) is 4.65 Å². The highest BCUT2D eigenvalue weighted by atomic mass is 16.6. The Kier molecular flexibility index (Phi) is 4.61. The molecule has 1 aliphatic rings. The highest BCUT2D eigenvalue weighted by molar-refractivity contribution is 6.61. The minimum Gasteiger partial charge on any atom is -0.423 e. The van der Waals surface area contributed by atoms with Gasteiger partial charge in [-0.25, -0.2) is 0 Å². The van der Waals surface area contributed by atoms with Crippen molar-refractivity contribution in [2.24, 2.45) is 0 Å². The van der Waals surface area contributed by atoms with Crippen LogP contribution in [0, 0.1) is 10.1 Å². The van der Waals surface area contributed by atoms with E-state index in [2.05, 4.69) is 4.98 Å². The van der Waals surface area contributed by atoms with E-state index in [1.807, 2.05) is 72.8 Å². The number of aromatic nitrogens is 1. The van der Waals surface area contributed by atoms with Crippen LogP contribution in [0.15, 0.2) is 72.8 Å². The fourth-order valence-corrected chi connectivity index (χ4v) is 4.34. The zero-order valence-electron chi connectivity index (χ0n) is 16.1. The van der Waals surface area contributed by atoms with Gasteiger partial charge in [-0.3, -0.25) is 10.1 Å². The second-order valence-corrected chi connectivity index (χ2v) is 7.51. The number of para-hydroxylation sites is 1. The molecule has 6 nitrogen and oxygen atoms in total. The van der Waals surface area contributed by atoms with E-state index in [-0.39, 0.29) is 11.5 Å². The third kappa shape index (κ3) is 3.18.